The topological polar surface area (TPSA) is 98.7 Å². The number of aliphatic hydroxyl groups is 1. The zero-order valence-corrected chi connectivity index (χ0v) is 20.8. The Hall–Kier alpha value is -0.800. The number of carbonyl (C=O) groups is 3. The van der Waals surface area contributed by atoms with Gasteiger partial charge in [-0.1, -0.05) is 36.7 Å². The quantitative estimate of drug-likeness (QED) is 0.436. The van der Waals surface area contributed by atoms with E-state index >= 15 is 0 Å². The first-order chi connectivity index (χ1) is 14.1. The van der Waals surface area contributed by atoms with Gasteiger partial charge in [-0.3, -0.25) is 14.4 Å². The van der Waals surface area contributed by atoms with E-state index in [1.807, 2.05) is 34.6 Å². The summed E-state index contributed by atoms with van der Waals surface area (Å²) in [5.74, 6) is -1.50. The Morgan fingerprint density at radius 2 is 1.97 bits per heavy atom. The minimum absolute atomic E-state index is 0.0159. The molecular weight excluding hydrogens is 470 g/mol. The molecule has 3 rings (SSSR count). The van der Waals surface area contributed by atoms with Crippen LogP contribution in [-0.2, 0) is 14.4 Å². The molecule has 9 heteroatoms. The van der Waals surface area contributed by atoms with Crippen molar-refractivity contribution in [2.75, 3.05) is 13.2 Å². The van der Waals surface area contributed by atoms with Gasteiger partial charge in [0, 0.05) is 22.7 Å². The molecule has 170 valence electrons. The van der Waals surface area contributed by atoms with Crippen LogP contribution in [0.1, 0.15) is 47.5 Å². The van der Waals surface area contributed by atoms with Crippen LogP contribution < -0.4 is 10.6 Å². The van der Waals surface area contributed by atoms with E-state index in [9.17, 15) is 19.5 Å². The lowest BCUT2D eigenvalue weighted by Crippen LogP contribution is -2.58. The molecule has 7 nitrogen and oxygen atoms in total. The molecule has 0 aromatic rings. The summed E-state index contributed by atoms with van der Waals surface area (Å²) in [5.41, 5.74) is 0. The van der Waals surface area contributed by atoms with Crippen molar-refractivity contribution in [1.29, 1.82) is 0 Å². The predicted molar refractivity (Wildman–Crippen MR) is 121 cm³/mol. The fourth-order valence-electron chi connectivity index (χ4n) is 5.37. The van der Waals surface area contributed by atoms with Crippen LogP contribution in [0.2, 0.25) is 0 Å². The molecule has 0 aromatic carbocycles. The molecule has 0 radical (unpaired) electrons. The Morgan fingerprint density at radius 1 is 1.30 bits per heavy atom. The maximum Gasteiger partial charge on any atom is 0.244 e. The summed E-state index contributed by atoms with van der Waals surface area (Å²) in [6.07, 6.45) is 1.47. The van der Waals surface area contributed by atoms with Crippen LogP contribution in [0, 0.1) is 17.8 Å². The van der Waals surface area contributed by atoms with Crippen molar-refractivity contribution < 1.29 is 19.5 Å². The fourth-order valence-corrected chi connectivity index (χ4v) is 8.97. The van der Waals surface area contributed by atoms with E-state index in [4.69, 9.17) is 0 Å². The third kappa shape index (κ3) is 3.68. The highest BCUT2D eigenvalue weighted by molar-refractivity contribution is 9.09. The van der Waals surface area contributed by atoms with E-state index in [-0.39, 0.29) is 46.4 Å². The van der Waals surface area contributed by atoms with Crippen LogP contribution >= 0.6 is 27.7 Å². The second-order valence-corrected chi connectivity index (χ2v) is 12.1. The van der Waals surface area contributed by atoms with E-state index in [1.54, 1.807) is 16.7 Å². The lowest BCUT2D eigenvalue weighted by atomic mass is 9.70. The number of carbonyl (C=O) groups excluding carboxylic acids is 3. The van der Waals surface area contributed by atoms with Crippen LogP contribution in [0.15, 0.2) is 0 Å². The van der Waals surface area contributed by atoms with Gasteiger partial charge in [-0.05, 0) is 32.6 Å². The molecule has 0 aliphatic carbocycles. The molecule has 3 saturated heterocycles. The second-order valence-electron chi connectivity index (χ2n) is 9.36. The van der Waals surface area contributed by atoms with Gasteiger partial charge in [0.15, 0.2) is 0 Å². The van der Waals surface area contributed by atoms with Crippen molar-refractivity contribution >= 4 is 45.4 Å². The van der Waals surface area contributed by atoms with Crippen molar-refractivity contribution in [1.82, 2.24) is 15.5 Å². The Kier molecular flexibility index (Phi) is 7.14. The van der Waals surface area contributed by atoms with E-state index in [0.717, 1.165) is 6.42 Å². The Balaban J connectivity index is 2.07. The molecule has 0 saturated carbocycles. The predicted octanol–water partition coefficient (Wildman–Crippen LogP) is 1.52. The van der Waals surface area contributed by atoms with Gasteiger partial charge in [0.1, 0.15) is 6.04 Å². The van der Waals surface area contributed by atoms with E-state index < -0.39 is 28.7 Å². The zero-order chi connectivity index (χ0) is 22.4. The number of fused-ring (bicyclic) bond motifs is 1. The number of amides is 3. The number of aliphatic hydroxyl groups excluding tert-OH is 1. The van der Waals surface area contributed by atoms with Gasteiger partial charge in [0.25, 0.3) is 0 Å². The molecule has 3 fully saturated rings. The minimum Gasteiger partial charge on any atom is -0.394 e. The SMILES string of the molecule is CCCNC(=O)[C@H]1[C@H]2C(=O)N([C@@H](CO)C(C)C)C(C(=O)NC(C)C)C23CC(Br)[C@@H]1S3. The fraction of sp³-hybridized carbons (Fsp3) is 0.857. The van der Waals surface area contributed by atoms with Crippen molar-refractivity contribution in [2.24, 2.45) is 17.8 Å². The Bertz CT molecular complexity index is 706. The molecule has 30 heavy (non-hydrogen) atoms. The van der Waals surface area contributed by atoms with Gasteiger partial charge >= 0.3 is 0 Å². The van der Waals surface area contributed by atoms with E-state index in [1.165, 1.54) is 0 Å². The van der Waals surface area contributed by atoms with Crippen LogP contribution in [0.4, 0.5) is 0 Å². The van der Waals surface area contributed by atoms with E-state index in [0.29, 0.717) is 13.0 Å². The molecule has 3 amide bonds. The third-order valence-electron chi connectivity index (χ3n) is 6.57. The maximum atomic E-state index is 13.8. The molecule has 2 bridgehead atoms. The summed E-state index contributed by atoms with van der Waals surface area (Å²) in [4.78, 5) is 42.0. The first kappa shape index (κ1) is 23.9. The lowest BCUT2D eigenvalue weighted by Gasteiger charge is -2.39. The largest absolute Gasteiger partial charge is 0.394 e. The summed E-state index contributed by atoms with van der Waals surface area (Å²) < 4.78 is -0.661. The lowest BCUT2D eigenvalue weighted by molar-refractivity contribution is -0.143. The second kappa shape index (κ2) is 8.98. The molecule has 3 aliphatic heterocycles. The molecule has 3 heterocycles. The van der Waals surface area contributed by atoms with Gasteiger partial charge in [-0.25, -0.2) is 0 Å². The first-order valence-corrected chi connectivity index (χ1v) is 12.7. The number of nitrogens with one attached hydrogen (secondary N) is 2. The summed E-state index contributed by atoms with van der Waals surface area (Å²) in [7, 11) is 0. The van der Waals surface area contributed by atoms with Crippen LogP contribution in [0.25, 0.3) is 0 Å². The third-order valence-corrected chi connectivity index (χ3v) is 9.79. The molecule has 0 aromatic heterocycles. The average molecular weight is 504 g/mol. The molecule has 3 N–H and O–H groups in total. The normalized spacial score (nSPS) is 35.8. The smallest absolute Gasteiger partial charge is 0.244 e. The molecule has 7 atom stereocenters. The number of hydrogen-bond donors (Lipinski definition) is 3. The summed E-state index contributed by atoms with van der Waals surface area (Å²) in [6, 6.07) is -1.23. The highest BCUT2D eigenvalue weighted by Gasteiger charge is 2.76. The molecular formula is C21H34BrN3O4S. The van der Waals surface area contributed by atoms with Crippen molar-refractivity contribution in [3.63, 3.8) is 0 Å². The maximum absolute atomic E-state index is 13.8. The van der Waals surface area contributed by atoms with Gasteiger partial charge in [-0.15, -0.1) is 11.8 Å². The summed E-state index contributed by atoms with van der Waals surface area (Å²) in [5, 5.41) is 16.0. The van der Waals surface area contributed by atoms with Gasteiger partial charge in [0.05, 0.1) is 29.2 Å². The van der Waals surface area contributed by atoms with Crippen LogP contribution in [-0.4, -0.2) is 73.8 Å². The average Bonchev–Trinajstić information content (AvgIpc) is 3.23. The number of rotatable bonds is 8. The monoisotopic (exact) mass is 503 g/mol. The number of likely N-dealkylation sites (tertiary alicyclic amines) is 1. The number of alkyl halides is 1. The molecule has 3 unspecified atom stereocenters. The van der Waals surface area contributed by atoms with Crippen molar-refractivity contribution in [3.05, 3.63) is 0 Å². The highest BCUT2D eigenvalue weighted by atomic mass is 79.9. The Labute approximate surface area is 191 Å². The summed E-state index contributed by atoms with van der Waals surface area (Å²) in [6.45, 7) is 10.0. The number of halogens is 1. The molecule has 3 aliphatic rings. The van der Waals surface area contributed by atoms with E-state index in [2.05, 4.69) is 26.6 Å². The van der Waals surface area contributed by atoms with Crippen molar-refractivity contribution in [3.8, 4) is 0 Å². The zero-order valence-electron chi connectivity index (χ0n) is 18.4. The Morgan fingerprint density at radius 3 is 2.50 bits per heavy atom. The summed E-state index contributed by atoms with van der Waals surface area (Å²) >= 11 is 5.37. The van der Waals surface area contributed by atoms with Gasteiger partial charge < -0.3 is 20.6 Å². The minimum atomic E-state index is -0.698. The van der Waals surface area contributed by atoms with Crippen LogP contribution in [0.5, 0.6) is 0 Å². The van der Waals surface area contributed by atoms with Gasteiger partial charge in [0.2, 0.25) is 17.7 Å². The standard InChI is InChI=1S/C21H34BrN3O4S/c1-6-7-23-18(27)14-15-20(29)25(13(9-26)10(2)3)17(19(28)24-11(4)5)21(15)8-12(22)16(14)30-21/h10-17,26H,6-9H2,1-5H3,(H,23,27)(H,24,28)/t12?,13-,14-,15-,16-,17?,21?/m0/s1. The number of hydrogen-bond acceptors (Lipinski definition) is 5. The molecule has 1 spiro atoms. The van der Waals surface area contributed by atoms with Crippen molar-refractivity contribution in [2.45, 2.75) is 80.4 Å². The first-order valence-electron chi connectivity index (χ1n) is 10.9. The highest BCUT2D eigenvalue weighted by Crippen LogP contribution is 2.68. The van der Waals surface area contributed by atoms with Crippen LogP contribution in [0.3, 0.4) is 0 Å². The van der Waals surface area contributed by atoms with Gasteiger partial charge in [-0.2, -0.15) is 0 Å². The number of nitrogens with zero attached hydrogens (tertiary/aromatic N) is 1. The number of thioether (sulfide) groups is 1.